The SMILES string of the molecule is O=c1c2cc(O)cc(O)c2oc2cc(Cl)cc(O)c12. The third-order valence-electron chi connectivity index (χ3n) is 2.78. The Labute approximate surface area is 110 Å². The van der Waals surface area contributed by atoms with Crippen molar-refractivity contribution in [3.8, 4) is 17.2 Å². The first kappa shape index (κ1) is 11.7. The number of phenolic OH excluding ortho intramolecular Hbond substituents is 3. The molecule has 0 fully saturated rings. The summed E-state index contributed by atoms with van der Waals surface area (Å²) in [4.78, 5) is 12.2. The van der Waals surface area contributed by atoms with E-state index in [1.807, 2.05) is 0 Å². The molecule has 96 valence electrons. The summed E-state index contributed by atoms with van der Waals surface area (Å²) < 4.78 is 5.37. The van der Waals surface area contributed by atoms with Gasteiger partial charge in [0.15, 0.2) is 11.3 Å². The maximum absolute atomic E-state index is 12.2. The molecule has 5 nitrogen and oxygen atoms in total. The van der Waals surface area contributed by atoms with Gasteiger partial charge in [0, 0.05) is 17.2 Å². The van der Waals surface area contributed by atoms with Gasteiger partial charge < -0.3 is 19.7 Å². The van der Waals surface area contributed by atoms with Gasteiger partial charge in [0.25, 0.3) is 0 Å². The van der Waals surface area contributed by atoms with Gasteiger partial charge in [-0.15, -0.1) is 0 Å². The van der Waals surface area contributed by atoms with Crippen LogP contribution in [-0.2, 0) is 0 Å². The molecule has 1 heterocycles. The van der Waals surface area contributed by atoms with Gasteiger partial charge in [0.05, 0.1) is 5.39 Å². The zero-order valence-corrected chi connectivity index (χ0v) is 10.1. The topological polar surface area (TPSA) is 90.9 Å². The summed E-state index contributed by atoms with van der Waals surface area (Å²) >= 11 is 5.77. The lowest BCUT2D eigenvalue weighted by Gasteiger charge is -2.05. The molecule has 19 heavy (non-hydrogen) atoms. The summed E-state index contributed by atoms with van der Waals surface area (Å²) in [5.41, 5.74) is -0.572. The van der Waals surface area contributed by atoms with Crippen molar-refractivity contribution in [1.29, 1.82) is 0 Å². The molecule has 0 unspecified atom stereocenters. The van der Waals surface area contributed by atoms with Crippen LogP contribution in [0.2, 0.25) is 5.02 Å². The Bertz CT molecular complexity index is 882. The highest BCUT2D eigenvalue weighted by atomic mass is 35.5. The summed E-state index contributed by atoms with van der Waals surface area (Å²) in [6.45, 7) is 0. The number of halogens is 1. The van der Waals surface area contributed by atoms with Crippen LogP contribution in [0.4, 0.5) is 0 Å². The molecule has 2 aromatic carbocycles. The van der Waals surface area contributed by atoms with Crippen LogP contribution in [-0.4, -0.2) is 15.3 Å². The molecule has 0 atom stereocenters. The maximum atomic E-state index is 12.2. The minimum atomic E-state index is -0.559. The van der Waals surface area contributed by atoms with Gasteiger partial charge in [-0.1, -0.05) is 11.6 Å². The Balaban J connectivity index is 2.64. The molecule has 0 saturated carbocycles. The van der Waals surface area contributed by atoms with E-state index < -0.39 is 5.43 Å². The lowest BCUT2D eigenvalue weighted by Crippen LogP contribution is -2.02. The second-order valence-corrected chi connectivity index (χ2v) is 4.51. The minimum Gasteiger partial charge on any atom is -0.508 e. The van der Waals surface area contributed by atoms with Crippen LogP contribution in [0.25, 0.3) is 21.9 Å². The first-order chi connectivity index (χ1) is 8.97. The number of aromatic hydroxyl groups is 3. The quantitative estimate of drug-likeness (QED) is 0.550. The summed E-state index contributed by atoms with van der Waals surface area (Å²) in [6.07, 6.45) is 0. The zero-order valence-electron chi connectivity index (χ0n) is 9.35. The monoisotopic (exact) mass is 278 g/mol. The number of hydrogen-bond acceptors (Lipinski definition) is 5. The van der Waals surface area contributed by atoms with E-state index in [1.165, 1.54) is 12.1 Å². The van der Waals surface area contributed by atoms with Crippen molar-refractivity contribution in [3.63, 3.8) is 0 Å². The van der Waals surface area contributed by atoms with Crippen molar-refractivity contribution >= 4 is 33.5 Å². The molecule has 0 aliphatic carbocycles. The fourth-order valence-electron chi connectivity index (χ4n) is 2.00. The number of hydrogen-bond donors (Lipinski definition) is 3. The standard InChI is InChI=1S/C13H7ClO5/c14-5-1-8(16)11-10(2-5)19-13-7(12(11)18)3-6(15)4-9(13)17/h1-4,15-17H. The normalized spacial score (nSPS) is 11.2. The van der Waals surface area contributed by atoms with E-state index in [0.717, 1.165) is 12.1 Å². The van der Waals surface area contributed by atoms with Crippen LogP contribution in [0.3, 0.4) is 0 Å². The summed E-state index contributed by atoms with van der Waals surface area (Å²) in [5, 5.41) is 29.0. The summed E-state index contributed by atoms with van der Waals surface area (Å²) in [7, 11) is 0. The molecule has 0 amide bonds. The molecule has 0 aliphatic rings. The van der Waals surface area contributed by atoms with E-state index >= 15 is 0 Å². The number of phenols is 3. The van der Waals surface area contributed by atoms with Crippen molar-refractivity contribution < 1.29 is 19.7 Å². The van der Waals surface area contributed by atoms with Crippen molar-refractivity contribution in [2.24, 2.45) is 0 Å². The highest BCUT2D eigenvalue weighted by molar-refractivity contribution is 6.31. The molecule has 0 aliphatic heterocycles. The Morgan fingerprint density at radius 1 is 1.00 bits per heavy atom. The van der Waals surface area contributed by atoms with Crippen LogP contribution >= 0.6 is 11.6 Å². The molecule has 3 aromatic rings. The smallest absolute Gasteiger partial charge is 0.204 e. The largest absolute Gasteiger partial charge is 0.508 e. The van der Waals surface area contributed by atoms with Gasteiger partial charge in [-0.2, -0.15) is 0 Å². The summed E-state index contributed by atoms with van der Waals surface area (Å²) in [5.74, 6) is -0.959. The van der Waals surface area contributed by atoms with Crippen LogP contribution < -0.4 is 5.43 Å². The van der Waals surface area contributed by atoms with Gasteiger partial charge in [-0.3, -0.25) is 4.79 Å². The van der Waals surface area contributed by atoms with Gasteiger partial charge in [-0.05, 0) is 12.1 Å². The Kier molecular flexibility index (Phi) is 2.33. The van der Waals surface area contributed by atoms with Crippen molar-refractivity contribution in [3.05, 3.63) is 39.5 Å². The van der Waals surface area contributed by atoms with Crippen molar-refractivity contribution in [2.75, 3.05) is 0 Å². The van der Waals surface area contributed by atoms with Crippen LogP contribution in [0, 0.1) is 0 Å². The molecular formula is C13H7ClO5. The molecule has 3 N–H and O–H groups in total. The van der Waals surface area contributed by atoms with Gasteiger partial charge in [-0.25, -0.2) is 0 Å². The molecule has 0 saturated heterocycles. The molecule has 3 rings (SSSR count). The number of benzene rings is 2. The third kappa shape index (κ3) is 1.67. The van der Waals surface area contributed by atoms with Crippen LogP contribution in [0.5, 0.6) is 17.2 Å². The van der Waals surface area contributed by atoms with Gasteiger partial charge in [0.2, 0.25) is 5.43 Å². The minimum absolute atomic E-state index is 0.0253. The lowest BCUT2D eigenvalue weighted by molar-refractivity contribution is 0.446. The predicted octanol–water partition coefficient (Wildman–Crippen LogP) is 2.72. The van der Waals surface area contributed by atoms with E-state index in [2.05, 4.69) is 0 Å². The lowest BCUT2D eigenvalue weighted by atomic mass is 10.1. The second-order valence-electron chi connectivity index (χ2n) is 4.07. The highest BCUT2D eigenvalue weighted by Gasteiger charge is 2.15. The van der Waals surface area contributed by atoms with E-state index in [-0.39, 0.29) is 44.2 Å². The fraction of sp³-hybridized carbons (Fsp3) is 0. The van der Waals surface area contributed by atoms with Crippen LogP contribution in [0.15, 0.2) is 33.5 Å². The molecule has 6 heteroatoms. The Morgan fingerprint density at radius 2 is 1.74 bits per heavy atom. The Morgan fingerprint density at radius 3 is 2.47 bits per heavy atom. The Hall–Kier alpha value is -2.40. The summed E-state index contributed by atoms with van der Waals surface area (Å²) in [6, 6.07) is 4.80. The maximum Gasteiger partial charge on any atom is 0.204 e. The van der Waals surface area contributed by atoms with E-state index in [9.17, 15) is 20.1 Å². The molecule has 0 radical (unpaired) electrons. The van der Waals surface area contributed by atoms with Gasteiger partial charge in [0.1, 0.15) is 22.5 Å². The fourth-order valence-corrected chi connectivity index (χ4v) is 2.20. The van der Waals surface area contributed by atoms with E-state index in [4.69, 9.17) is 16.0 Å². The number of rotatable bonds is 0. The molecule has 1 aromatic heterocycles. The zero-order chi connectivity index (χ0) is 13.7. The number of fused-ring (bicyclic) bond motifs is 2. The average Bonchev–Trinajstić information content (AvgIpc) is 2.30. The average molecular weight is 279 g/mol. The van der Waals surface area contributed by atoms with Gasteiger partial charge >= 0.3 is 0 Å². The predicted molar refractivity (Wildman–Crippen MR) is 70.0 cm³/mol. The molecule has 0 bridgehead atoms. The first-order valence-electron chi connectivity index (χ1n) is 5.28. The highest BCUT2D eigenvalue weighted by Crippen LogP contribution is 2.33. The van der Waals surface area contributed by atoms with Crippen LogP contribution in [0.1, 0.15) is 0 Å². The molecular weight excluding hydrogens is 272 g/mol. The first-order valence-corrected chi connectivity index (χ1v) is 5.66. The van der Waals surface area contributed by atoms with E-state index in [1.54, 1.807) is 0 Å². The second kappa shape index (κ2) is 3.80. The molecule has 0 spiro atoms. The van der Waals surface area contributed by atoms with E-state index in [0.29, 0.717) is 0 Å². The third-order valence-corrected chi connectivity index (χ3v) is 3.00. The van der Waals surface area contributed by atoms with Crippen molar-refractivity contribution in [1.82, 2.24) is 0 Å². The van der Waals surface area contributed by atoms with Crippen molar-refractivity contribution in [2.45, 2.75) is 0 Å².